The van der Waals surface area contributed by atoms with Crippen LogP contribution in [0.15, 0.2) is 25.3 Å². The summed E-state index contributed by atoms with van der Waals surface area (Å²) in [7, 11) is 0. The first-order chi connectivity index (χ1) is 5.85. The maximum Gasteiger partial charge on any atom is 0.104 e. The minimum absolute atomic E-state index is 0.384. The zero-order valence-corrected chi connectivity index (χ0v) is 7.37. The molecule has 1 atom stereocenters. The summed E-state index contributed by atoms with van der Waals surface area (Å²) in [5.74, 6) is 0. The molecule has 1 rings (SSSR count). The molecule has 2 N–H and O–H groups in total. The first-order valence-corrected chi connectivity index (χ1v) is 3.96. The van der Waals surface area contributed by atoms with Gasteiger partial charge in [0.25, 0.3) is 0 Å². The zero-order chi connectivity index (χ0) is 9.23. The molecule has 0 spiro atoms. The number of rotatable bonds is 5. The van der Waals surface area contributed by atoms with E-state index in [1.54, 1.807) is 12.2 Å². The lowest BCUT2D eigenvalue weighted by Crippen LogP contribution is -2.00. The van der Waals surface area contributed by atoms with E-state index in [2.05, 4.69) is 13.2 Å². The van der Waals surface area contributed by atoms with Crippen LogP contribution in [0.1, 0.15) is 0 Å². The van der Waals surface area contributed by atoms with Gasteiger partial charge in [0.15, 0.2) is 0 Å². The van der Waals surface area contributed by atoms with Crippen LogP contribution in [0.3, 0.4) is 0 Å². The van der Waals surface area contributed by atoms with E-state index in [1.165, 1.54) is 0 Å². The predicted octanol–water partition coefficient (Wildman–Crippen LogP) is 0.719. The van der Waals surface area contributed by atoms with Gasteiger partial charge < -0.3 is 15.2 Å². The molecule has 1 unspecified atom stereocenters. The second-order valence-corrected chi connectivity index (χ2v) is 2.31. The third-order valence-corrected chi connectivity index (χ3v) is 1.11. The predicted molar refractivity (Wildman–Crippen MR) is 50.0 cm³/mol. The highest BCUT2D eigenvalue weighted by Crippen LogP contribution is 2.07. The van der Waals surface area contributed by atoms with Gasteiger partial charge in [0.05, 0.1) is 19.8 Å². The van der Waals surface area contributed by atoms with Crippen LogP contribution in [0.5, 0.6) is 0 Å². The Morgan fingerprint density at radius 2 is 2.08 bits per heavy atom. The molecule has 1 aliphatic rings. The summed E-state index contributed by atoms with van der Waals surface area (Å²) < 4.78 is 9.96. The van der Waals surface area contributed by atoms with E-state index < -0.39 is 0 Å². The Kier molecular flexibility index (Phi) is 8.01. The molecule has 70 valence electrons. The summed E-state index contributed by atoms with van der Waals surface area (Å²) in [6, 6.07) is 0. The number of epoxide rings is 1. The van der Waals surface area contributed by atoms with Gasteiger partial charge in [-0.2, -0.15) is 0 Å². The van der Waals surface area contributed by atoms with E-state index in [-0.39, 0.29) is 0 Å². The highest BCUT2D eigenvalue weighted by Gasteiger charge is 2.21. The summed E-state index contributed by atoms with van der Waals surface area (Å²) in [4.78, 5) is 0. The molecule has 0 aromatic carbocycles. The monoisotopic (exact) mass is 171 g/mol. The first-order valence-electron chi connectivity index (χ1n) is 3.96. The molecule has 0 bridgehead atoms. The van der Waals surface area contributed by atoms with Crippen LogP contribution in [0, 0.1) is 0 Å². The minimum atomic E-state index is 0.384. The van der Waals surface area contributed by atoms with Gasteiger partial charge in [-0.05, 0) is 0 Å². The second kappa shape index (κ2) is 8.46. The van der Waals surface area contributed by atoms with Crippen LogP contribution in [0.25, 0.3) is 0 Å². The summed E-state index contributed by atoms with van der Waals surface area (Å²) in [6.07, 6.45) is 3.78. The fraction of sp³-hybridized carbons (Fsp3) is 0.556. The van der Waals surface area contributed by atoms with E-state index >= 15 is 0 Å². The lowest BCUT2D eigenvalue weighted by atomic mass is 10.5. The van der Waals surface area contributed by atoms with Crippen molar-refractivity contribution in [2.24, 2.45) is 5.73 Å². The molecule has 3 nitrogen and oxygen atoms in total. The molecule has 0 aromatic heterocycles. The fourth-order valence-electron chi connectivity index (χ4n) is 0.447. The Morgan fingerprint density at radius 3 is 2.42 bits per heavy atom. The van der Waals surface area contributed by atoms with E-state index in [4.69, 9.17) is 15.2 Å². The first kappa shape index (κ1) is 11.4. The number of ether oxygens (including phenoxy) is 2. The van der Waals surface area contributed by atoms with Crippen molar-refractivity contribution >= 4 is 0 Å². The molecule has 1 fully saturated rings. The molecular formula is C9H17NO2. The highest BCUT2D eigenvalue weighted by atomic mass is 16.6. The zero-order valence-electron chi connectivity index (χ0n) is 7.37. The molecule has 0 aromatic rings. The second-order valence-electron chi connectivity index (χ2n) is 2.31. The lowest BCUT2D eigenvalue weighted by molar-refractivity contribution is 0.141. The normalized spacial score (nSPS) is 18.9. The summed E-state index contributed by atoms with van der Waals surface area (Å²) in [6.45, 7) is 9.69. The van der Waals surface area contributed by atoms with Gasteiger partial charge >= 0.3 is 0 Å². The SMILES string of the molecule is C=CCN.C=CCOCC1CO1. The van der Waals surface area contributed by atoms with Crippen LogP contribution in [-0.4, -0.2) is 32.5 Å². The molecule has 0 saturated carbocycles. The van der Waals surface area contributed by atoms with E-state index in [0.717, 1.165) is 13.2 Å². The Balaban J connectivity index is 0.000000261. The Hall–Kier alpha value is -0.640. The van der Waals surface area contributed by atoms with Crippen molar-refractivity contribution in [2.45, 2.75) is 6.10 Å². The quantitative estimate of drug-likeness (QED) is 0.376. The van der Waals surface area contributed by atoms with Crippen molar-refractivity contribution in [1.82, 2.24) is 0 Å². The number of hydrogen-bond acceptors (Lipinski definition) is 3. The average Bonchev–Trinajstić information content (AvgIpc) is 2.89. The van der Waals surface area contributed by atoms with Gasteiger partial charge in [0, 0.05) is 6.54 Å². The van der Waals surface area contributed by atoms with Gasteiger partial charge in [-0.1, -0.05) is 12.2 Å². The number of hydrogen-bond donors (Lipinski definition) is 1. The molecule has 1 heterocycles. The standard InChI is InChI=1S/C6H10O2.C3H7N/c1-2-3-7-4-6-5-8-6;1-2-3-4/h2,6H,1,3-5H2;2H,1,3-4H2. The summed E-state index contributed by atoms with van der Waals surface area (Å²) >= 11 is 0. The van der Waals surface area contributed by atoms with Crippen molar-refractivity contribution in [3.8, 4) is 0 Å². The van der Waals surface area contributed by atoms with Crippen LogP contribution >= 0.6 is 0 Å². The minimum Gasteiger partial charge on any atom is -0.375 e. The number of nitrogens with two attached hydrogens (primary N) is 1. The van der Waals surface area contributed by atoms with Crippen molar-refractivity contribution < 1.29 is 9.47 Å². The van der Waals surface area contributed by atoms with Crippen molar-refractivity contribution in [1.29, 1.82) is 0 Å². The largest absolute Gasteiger partial charge is 0.375 e. The fourth-order valence-corrected chi connectivity index (χ4v) is 0.447. The van der Waals surface area contributed by atoms with Crippen LogP contribution in [0.2, 0.25) is 0 Å². The molecule has 0 aliphatic carbocycles. The van der Waals surface area contributed by atoms with Gasteiger partial charge in [0.1, 0.15) is 6.10 Å². The van der Waals surface area contributed by atoms with E-state index in [1.807, 2.05) is 0 Å². The molecule has 12 heavy (non-hydrogen) atoms. The van der Waals surface area contributed by atoms with Gasteiger partial charge in [-0.25, -0.2) is 0 Å². The Labute approximate surface area is 73.8 Å². The topological polar surface area (TPSA) is 47.8 Å². The van der Waals surface area contributed by atoms with E-state index in [0.29, 0.717) is 19.3 Å². The molecule has 1 saturated heterocycles. The lowest BCUT2D eigenvalue weighted by Gasteiger charge is -1.92. The molecule has 1 aliphatic heterocycles. The third-order valence-electron chi connectivity index (χ3n) is 1.11. The third kappa shape index (κ3) is 9.36. The van der Waals surface area contributed by atoms with Gasteiger partial charge in [-0.15, -0.1) is 13.2 Å². The van der Waals surface area contributed by atoms with Gasteiger partial charge in [-0.3, -0.25) is 0 Å². The van der Waals surface area contributed by atoms with Crippen LogP contribution in [-0.2, 0) is 9.47 Å². The smallest absolute Gasteiger partial charge is 0.104 e. The van der Waals surface area contributed by atoms with Crippen LogP contribution in [0.4, 0.5) is 0 Å². The molecular weight excluding hydrogens is 154 g/mol. The molecule has 0 radical (unpaired) electrons. The van der Waals surface area contributed by atoms with Gasteiger partial charge in [0.2, 0.25) is 0 Å². The van der Waals surface area contributed by atoms with Crippen LogP contribution < -0.4 is 5.73 Å². The summed E-state index contributed by atoms with van der Waals surface area (Å²) in [5.41, 5.74) is 4.91. The van der Waals surface area contributed by atoms with Crippen molar-refractivity contribution in [3.63, 3.8) is 0 Å². The maximum atomic E-state index is 5.06. The van der Waals surface area contributed by atoms with Crippen molar-refractivity contribution in [3.05, 3.63) is 25.3 Å². The molecule has 0 amide bonds. The highest BCUT2D eigenvalue weighted by molar-refractivity contribution is 4.70. The van der Waals surface area contributed by atoms with Crippen molar-refractivity contribution in [2.75, 3.05) is 26.4 Å². The maximum absolute atomic E-state index is 5.06. The molecule has 3 heteroatoms. The average molecular weight is 171 g/mol. The Morgan fingerprint density at radius 1 is 1.50 bits per heavy atom. The van der Waals surface area contributed by atoms with E-state index in [9.17, 15) is 0 Å². The Bertz CT molecular complexity index is 122. The summed E-state index contributed by atoms with van der Waals surface area (Å²) in [5, 5.41) is 0.